The third-order valence-electron chi connectivity index (χ3n) is 3.78. The minimum Gasteiger partial charge on any atom is -0.484 e. The Balaban J connectivity index is 1.23. The van der Waals surface area contributed by atoms with Crippen molar-refractivity contribution in [3.63, 3.8) is 0 Å². The number of nitrogens with zero attached hydrogens (tertiary/aromatic N) is 5. The Bertz CT molecular complexity index is 842. The van der Waals surface area contributed by atoms with Crippen molar-refractivity contribution in [2.24, 2.45) is 0 Å². The van der Waals surface area contributed by atoms with Crippen LogP contribution in [0.2, 0.25) is 0 Å². The van der Waals surface area contributed by atoms with E-state index in [1.165, 1.54) is 24.2 Å². The van der Waals surface area contributed by atoms with Gasteiger partial charge in [0, 0.05) is 11.3 Å². The molecule has 0 aliphatic heterocycles. The highest BCUT2D eigenvalue weighted by Crippen LogP contribution is 2.41. The first-order valence-corrected chi connectivity index (χ1v) is 8.83. The van der Waals surface area contributed by atoms with E-state index >= 15 is 0 Å². The van der Waals surface area contributed by atoms with Crippen molar-refractivity contribution < 1.29 is 9.53 Å². The van der Waals surface area contributed by atoms with E-state index in [2.05, 4.69) is 25.8 Å². The van der Waals surface area contributed by atoms with Crippen LogP contribution in [0.4, 0.5) is 0 Å². The van der Waals surface area contributed by atoms with Crippen molar-refractivity contribution in [3.05, 3.63) is 46.7 Å². The van der Waals surface area contributed by atoms with E-state index in [0.29, 0.717) is 18.2 Å². The quantitative estimate of drug-likeness (QED) is 0.692. The summed E-state index contributed by atoms with van der Waals surface area (Å²) in [5, 5.41) is 17.0. The summed E-state index contributed by atoms with van der Waals surface area (Å²) >= 11 is 1.67. The van der Waals surface area contributed by atoms with Crippen LogP contribution < -0.4 is 10.1 Å². The van der Waals surface area contributed by atoms with Crippen LogP contribution in [0.3, 0.4) is 0 Å². The minimum atomic E-state index is -0.175. The number of carbonyl (C=O) groups excluding carboxylic acids is 1. The molecule has 1 N–H and O–H groups in total. The number of aromatic nitrogens is 5. The molecule has 0 atom stereocenters. The van der Waals surface area contributed by atoms with E-state index in [0.717, 1.165) is 11.4 Å². The first-order chi connectivity index (χ1) is 12.3. The zero-order valence-electron chi connectivity index (χ0n) is 13.3. The molecule has 1 fully saturated rings. The fourth-order valence-corrected chi connectivity index (χ4v) is 3.28. The summed E-state index contributed by atoms with van der Waals surface area (Å²) in [6.07, 6.45) is 3.98. The summed E-state index contributed by atoms with van der Waals surface area (Å²) in [5.74, 6) is 1.08. The molecule has 0 bridgehead atoms. The smallest absolute Gasteiger partial charge is 0.258 e. The van der Waals surface area contributed by atoms with E-state index in [4.69, 9.17) is 4.74 Å². The molecule has 1 saturated carbocycles. The Morgan fingerprint density at radius 1 is 1.32 bits per heavy atom. The molecule has 0 spiro atoms. The molecule has 2 heterocycles. The van der Waals surface area contributed by atoms with E-state index in [9.17, 15) is 4.79 Å². The number of benzene rings is 1. The molecule has 2 aromatic heterocycles. The Labute approximate surface area is 147 Å². The molecule has 1 aliphatic carbocycles. The lowest BCUT2D eigenvalue weighted by molar-refractivity contribution is -0.123. The van der Waals surface area contributed by atoms with Crippen LogP contribution in [0.5, 0.6) is 5.75 Å². The van der Waals surface area contributed by atoms with Gasteiger partial charge in [-0.05, 0) is 47.5 Å². The van der Waals surface area contributed by atoms with E-state index in [1.54, 1.807) is 28.2 Å². The van der Waals surface area contributed by atoms with Crippen LogP contribution in [0, 0.1) is 0 Å². The molecule has 128 valence electrons. The summed E-state index contributed by atoms with van der Waals surface area (Å²) in [6, 6.07) is 7.18. The number of hydrogen-bond donors (Lipinski definition) is 1. The van der Waals surface area contributed by atoms with Crippen LogP contribution in [-0.2, 0) is 11.3 Å². The fourth-order valence-electron chi connectivity index (χ4n) is 2.29. The van der Waals surface area contributed by atoms with E-state index < -0.39 is 0 Å². The SMILES string of the molecule is O=C(COc1ccc(-n2cnnn2)cc1)NCc1csc(C2CC2)n1. The second-order valence-electron chi connectivity index (χ2n) is 5.77. The largest absolute Gasteiger partial charge is 0.484 e. The molecule has 0 unspecified atom stereocenters. The molecule has 25 heavy (non-hydrogen) atoms. The van der Waals surface area contributed by atoms with Gasteiger partial charge in [-0.25, -0.2) is 9.67 Å². The molecule has 9 heteroatoms. The van der Waals surface area contributed by atoms with Crippen LogP contribution in [0.25, 0.3) is 5.69 Å². The van der Waals surface area contributed by atoms with Gasteiger partial charge in [0.1, 0.15) is 12.1 Å². The number of hydrogen-bond acceptors (Lipinski definition) is 7. The Morgan fingerprint density at radius 3 is 2.88 bits per heavy atom. The zero-order chi connectivity index (χ0) is 17.1. The van der Waals surface area contributed by atoms with Crippen molar-refractivity contribution in [2.45, 2.75) is 25.3 Å². The maximum absolute atomic E-state index is 11.9. The van der Waals surface area contributed by atoms with Crippen LogP contribution >= 0.6 is 11.3 Å². The summed E-state index contributed by atoms with van der Waals surface area (Å²) in [4.78, 5) is 16.4. The topological polar surface area (TPSA) is 94.8 Å². The third kappa shape index (κ3) is 4.00. The average molecular weight is 356 g/mol. The second-order valence-corrected chi connectivity index (χ2v) is 6.65. The molecule has 1 aromatic carbocycles. The number of amides is 1. The highest BCUT2D eigenvalue weighted by atomic mass is 32.1. The summed E-state index contributed by atoms with van der Waals surface area (Å²) in [5.41, 5.74) is 1.72. The monoisotopic (exact) mass is 356 g/mol. The molecule has 8 nitrogen and oxygen atoms in total. The lowest BCUT2D eigenvalue weighted by Crippen LogP contribution is -2.28. The number of nitrogens with one attached hydrogen (secondary N) is 1. The van der Waals surface area contributed by atoms with Gasteiger partial charge in [-0.1, -0.05) is 0 Å². The predicted molar refractivity (Wildman–Crippen MR) is 90.6 cm³/mol. The first kappa shape index (κ1) is 15.7. The lowest BCUT2D eigenvalue weighted by Gasteiger charge is -2.07. The third-order valence-corrected chi connectivity index (χ3v) is 4.84. The predicted octanol–water partition coefficient (Wildman–Crippen LogP) is 1.69. The van der Waals surface area contributed by atoms with Crippen molar-refractivity contribution in [2.75, 3.05) is 6.61 Å². The van der Waals surface area contributed by atoms with Crippen LogP contribution in [0.1, 0.15) is 29.5 Å². The number of ether oxygens (including phenoxy) is 1. The summed E-state index contributed by atoms with van der Waals surface area (Å²) in [7, 11) is 0. The number of rotatable bonds is 7. The van der Waals surface area contributed by atoms with Crippen LogP contribution in [0.15, 0.2) is 36.0 Å². The van der Waals surface area contributed by atoms with Crippen molar-refractivity contribution in [1.82, 2.24) is 30.5 Å². The van der Waals surface area contributed by atoms with Gasteiger partial charge in [0.25, 0.3) is 5.91 Å². The standard InChI is InChI=1S/C16H16N6O2S/c23-15(17-7-12-9-25-16(19-12)11-1-2-11)8-24-14-5-3-13(4-6-14)22-10-18-20-21-22/h3-6,9-11H,1-2,7-8H2,(H,17,23). The summed E-state index contributed by atoms with van der Waals surface area (Å²) in [6.45, 7) is 0.396. The van der Waals surface area contributed by atoms with Gasteiger partial charge >= 0.3 is 0 Å². The summed E-state index contributed by atoms with van der Waals surface area (Å²) < 4.78 is 7.03. The van der Waals surface area contributed by atoms with Crippen molar-refractivity contribution in [3.8, 4) is 11.4 Å². The highest BCUT2D eigenvalue weighted by molar-refractivity contribution is 7.09. The molecule has 0 radical (unpaired) electrons. The number of tetrazole rings is 1. The van der Waals surface area contributed by atoms with Crippen LogP contribution in [-0.4, -0.2) is 37.7 Å². The van der Waals surface area contributed by atoms with Gasteiger partial charge in [-0.3, -0.25) is 4.79 Å². The zero-order valence-corrected chi connectivity index (χ0v) is 14.1. The minimum absolute atomic E-state index is 0.0379. The van der Waals surface area contributed by atoms with Gasteiger partial charge in [-0.2, -0.15) is 0 Å². The average Bonchev–Trinajstić information content (AvgIpc) is 3.15. The maximum Gasteiger partial charge on any atom is 0.258 e. The Morgan fingerprint density at radius 2 is 2.16 bits per heavy atom. The van der Waals surface area contributed by atoms with E-state index in [1.807, 2.05) is 17.5 Å². The highest BCUT2D eigenvalue weighted by Gasteiger charge is 2.26. The maximum atomic E-state index is 11.9. The Hall–Kier alpha value is -2.81. The number of thiazole rings is 1. The van der Waals surface area contributed by atoms with Crippen molar-refractivity contribution in [1.29, 1.82) is 0 Å². The van der Waals surface area contributed by atoms with E-state index in [-0.39, 0.29) is 12.5 Å². The first-order valence-electron chi connectivity index (χ1n) is 7.95. The lowest BCUT2D eigenvalue weighted by atomic mass is 10.3. The molecule has 3 aromatic rings. The normalized spacial score (nSPS) is 13.6. The molecular weight excluding hydrogens is 340 g/mol. The van der Waals surface area contributed by atoms with Gasteiger partial charge in [-0.15, -0.1) is 16.4 Å². The van der Waals surface area contributed by atoms with Gasteiger partial charge in [0.2, 0.25) is 0 Å². The fraction of sp³-hybridized carbons (Fsp3) is 0.312. The molecule has 0 saturated heterocycles. The molecular formula is C16H16N6O2S. The Kier molecular flexibility index (Phi) is 4.38. The van der Waals surface area contributed by atoms with Crippen molar-refractivity contribution >= 4 is 17.2 Å². The van der Waals surface area contributed by atoms with Gasteiger partial charge in [0.15, 0.2) is 6.61 Å². The number of carbonyl (C=O) groups is 1. The second kappa shape index (κ2) is 6.98. The van der Waals surface area contributed by atoms with Gasteiger partial charge < -0.3 is 10.1 Å². The molecule has 1 aliphatic rings. The molecule has 4 rings (SSSR count). The van der Waals surface area contributed by atoms with Gasteiger partial charge in [0.05, 0.1) is 22.9 Å². The molecule has 1 amide bonds.